The van der Waals surface area contributed by atoms with E-state index in [0.29, 0.717) is 19.6 Å². The van der Waals surface area contributed by atoms with E-state index < -0.39 is 24.9 Å². The summed E-state index contributed by atoms with van der Waals surface area (Å²) in [5.74, 6) is -0.400. The van der Waals surface area contributed by atoms with E-state index in [4.69, 9.17) is 0 Å². The first-order chi connectivity index (χ1) is 10.4. The van der Waals surface area contributed by atoms with Crippen molar-refractivity contribution in [2.45, 2.75) is 44.4 Å². The number of nitrogens with zero attached hydrogens (tertiary/aromatic N) is 1. The van der Waals surface area contributed by atoms with Crippen LogP contribution in [0.4, 0.5) is 13.2 Å². The smallest absolute Gasteiger partial charge is 0.341 e. The van der Waals surface area contributed by atoms with E-state index in [1.807, 2.05) is 30.3 Å². The third-order valence-corrected chi connectivity index (χ3v) is 3.83. The van der Waals surface area contributed by atoms with Crippen molar-refractivity contribution < 1.29 is 18.0 Å². The summed E-state index contributed by atoms with van der Waals surface area (Å²) in [5, 5.41) is 3.38. The molecule has 1 aromatic rings. The molecule has 1 N–H and O–H groups in total. The minimum Gasteiger partial charge on any atom is -0.341 e. The molecule has 22 heavy (non-hydrogen) atoms. The fourth-order valence-electron chi connectivity index (χ4n) is 2.64. The number of hydrogen-bond acceptors (Lipinski definition) is 2. The molecule has 2 rings (SSSR count). The lowest BCUT2D eigenvalue weighted by atomic mass is 10.0. The van der Waals surface area contributed by atoms with Gasteiger partial charge in [0.1, 0.15) is 0 Å². The molecule has 0 aliphatic carbocycles. The van der Waals surface area contributed by atoms with E-state index in [2.05, 4.69) is 5.32 Å². The monoisotopic (exact) mass is 314 g/mol. The number of carbonyl (C=O) groups excluding carboxylic acids is 1. The van der Waals surface area contributed by atoms with Crippen molar-refractivity contribution in [3.05, 3.63) is 35.9 Å². The molecule has 0 unspecified atom stereocenters. The summed E-state index contributed by atoms with van der Waals surface area (Å²) in [6.07, 6.45) is -3.99. The molecule has 0 aromatic heterocycles. The number of likely N-dealkylation sites (tertiary alicyclic amines) is 1. The van der Waals surface area contributed by atoms with E-state index in [9.17, 15) is 18.0 Å². The van der Waals surface area contributed by atoms with Crippen molar-refractivity contribution in [1.29, 1.82) is 0 Å². The molecule has 1 aliphatic heterocycles. The minimum absolute atomic E-state index is 0.142. The lowest BCUT2D eigenvalue weighted by Gasteiger charge is -2.33. The molecule has 6 heteroatoms. The van der Waals surface area contributed by atoms with Gasteiger partial charge >= 0.3 is 6.18 Å². The number of rotatable bonds is 5. The lowest BCUT2D eigenvalue weighted by Crippen LogP contribution is -2.47. The normalized spacial score (nSPS) is 19.2. The topological polar surface area (TPSA) is 32.3 Å². The number of piperidine rings is 1. The van der Waals surface area contributed by atoms with Crippen LogP contribution in [-0.4, -0.2) is 36.1 Å². The van der Waals surface area contributed by atoms with Crippen LogP contribution >= 0.6 is 0 Å². The van der Waals surface area contributed by atoms with Gasteiger partial charge in [-0.1, -0.05) is 30.3 Å². The summed E-state index contributed by atoms with van der Waals surface area (Å²) >= 11 is 0. The number of hydrogen-bond donors (Lipinski definition) is 1. The number of nitrogens with one attached hydrogen (secondary N) is 1. The molecule has 0 saturated carbocycles. The number of carbonyl (C=O) groups is 1. The van der Waals surface area contributed by atoms with E-state index in [0.717, 1.165) is 18.4 Å². The molecule has 3 nitrogen and oxygen atoms in total. The Morgan fingerprint density at radius 1 is 1.27 bits per heavy atom. The third-order valence-electron chi connectivity index (χ3n) is 3.83. The Morgan fingerprint density at radius 2 is 2.00 bits per heavy atom. The zero-order chi connectivity index (χ0) is 16.0. The van der Waals surface area contributed by atoms with E-state index >= 15 is 0 Å². The summed E-state index contributed by atoms with van der Waals surface area (Å²) < 4.78 is 36.6. The quantitative estimate of drug-likeness (QED) is 0.906. The SMILES string of the molecule is O=C(CCC(F)(F)F)N1CCC[C@@H](NCc2ccccc2)C1. The van der Waals surface area contributed by atoms with Crippen LogP contribution in [0.25, 0.3) is 0 Å². The maximum atomic E-state index is 12.2. The Labute approximate surface area is 128 Å². The molecular weight excluding hydrogens is 293 g/mol. The third kappa shape index (κ3) is 5.67. The maximum absolute atomic E-state index is 12.2. The Kier molecular flexibility index (Phi) is 5.83. The fraction of sp³-hybridized carbons (Fsp3) is 0.562. The second kappa shape index (κ2) is 7.63. The number of alkyl halides is 3. The molecule has 122 valence electrons. The summed E-state index contributed by atoms with van der Waals surface area (Å²) in [7, 11) is 0. The average molecular weight is 314 g/mol. The van der Waals surface area contributed by atoms with Crippen molar-refractivity contribution in [3.8, 4) is 0 Å². The standard InChI is InChI=1S/C16H21F3N2O/c17-16(18,19)9-8-15(22)21-10-4-7-14(12-21)20-11-13-5-2-1-3-6-13/h1-3,5-6,14,20H,4,7-12H2/t14-/m1/s1. The van der Waals surface area contributed by atoms with Crippen LogP contribution in [0, 0.1) is 0 Å². The van der Waals surface area contributed by atoms with Gasteiger partial charge in [0.15, 0.2) is 0 Å². The molecular formula is C16H21F3N2O. The van der Waals surface area contributed by atoms with E-state index in [-0.39, 0.29) is 6.04 Å². The summed E-state index contributed by atoms with van der Waals surface area (Å²) in [5.41, 5.74) is 1.16. The molecule has 1 atom stereocenters. The van der Waals surface area contributed by atoms with Crippen molar-refractivity contribution in [3.63, 3.8) is 0 Å². The van der Waals surface area contributed by atoms with Crippen LogP contribution in [0.5, 0.6) is 0 Å². The predicted octanol–water partition coefficient (Wildman–Crippen LogP) is 3.11. The van der Waals surface area contributed by atoms with Crippen molar-refractivity contribution >= 4 is 5.91 Å². The first-order valence-electron chi connectivity index (χ1n) is 7.56. The van der Waals surface area contributed by atoms with Gasteiger partial charge in [-0.3, -0.25) is 4.79 Å². The largest absolute Gasteiger partial charge is 0.389 e. The second-order valence-corrected chi connectivity index (χ2v) is 5.66. The van der Waals surface area contributed by atoms with E-state index in [1.54, 1.807) is 4.90 Å². The highest BCUT2D eigenvalue weighted by molar-refractivity contribution is 5.76. The van der Waals surface area contributed by atoms with Crippen LogP contribution in [0.2, 0.25) is 0 Å². The van der Waals surface area contributed by atoms with Crippen LogP contribution in [0.15, 0.2) is 30.3 Å². The summed E-state index contributed by atoms with van der Waals surface area (Å²) in [4.78, 5) is 13.4. The maximum Gasteiger partial charge on any atom is 0.389 e. The van der Waals surface area contributed by atoms with Gasteiger partial charge in [0.2, 0.25) is 5.91 Å². The predicted molar refractivity (Wildman–Crippen MR) is 78.2 cm³/mol. The minimum atomic E-state index is -4.27. The van der Waals surface area contributed by atoms with Gasteiger partial charge in [0.25, 0.3) is 0 Å². The van der Waals surface area contributed by atoms with E-state index in [1.165, 1.54) is 0 Å². The number of amides is 1. The molecule has 1 saturated heterocycles. The average Bonchev–Trinajstić information content (AvgIpc) is 2.51. The first-order valence-corrected chi connectivity index (χ1v) is 7.56. The fourth-order valence-corrected chi connectivity index (χ4v) is 2.64. The van der Waals surface area contributed by atoms with Crippen LogP contribution in [0.3, 0.4) is 0 Å². The highest BCUT2D eigenvalue weighted by Gasteiger charge is 2.30. The zero-order valence-electron chi connectivity index (χ0n) is 12.4. The van der Waals surface area contributed by atoms with Crippen molar-refractivity contribution in [2.24, 2.45) is 0 Å². The molecule has 1 amide bonds. The van der Waals surface area contributed by atoms with Gasteiger partial charge in [0, 0.05) is 32.1 Å². The van der Waals surface area contributed by atoms with Gasteiger partial charge in [-0.25, -0.2) is 0 Å². The van der Waals surface area contributed by atoms with Crippen LogP contribution < -0.4 is 5.32 Å². The summed E-state index contributed by atoms with van der Waals surface area (Å²) in [6, 6.07) is 10.1. The van der Waals surface area contributed by atoms with Gasteiger partial charge < -0.3 is 10.2 Å². The molecule has 0 bridgehead atoms. The second-order valence-electron chi connectivity index (χ2n) is 5.66. The molecule has 0 radical (unpaired) electrons. The highest BCUT2D eigenvalue weighted by Crippen LogP contribution is 2.22. The van der Waals surface area contributed by atoms with Crippen LogP contribution in [0.1, 0.15) is 31.2 Å². The van der Waals surface area contributed by atoms with Gasteiger partial charge in [-0.15, -0.1) is 0 Å². The van der Waals surface area contributed by atoms with Crippen molar-refractivity contribution in [2.75, 3.05) is 13.1 Å². The van der Waals surface area contributed by atoms with Crippen LogP contribution in [-0.2, 0) is 11.3 Å². The van der Waals surface area contributed by atoms with Gasteiger partial charge in [-0.05, 0) is 18.4 Å². The van der Waals surface area contributed by atoms with Crippen molar-refractivity contribution in [1.82, 2.24) is 10.2 Å². The van der Waals surface area contributed by atoms with Gasteiger partial charge in [-0.2, -0.15) is 13.2 Å². The Morgan fingerprint density at radius 3 is 2.68 bits per heavy atom. The highest BCUT2D eigenvalue weighted by atomic mass is 19.4. The molecule has 1 aliphatic rings. The Bertz CT molecular complexity index is 476. The summed E-state index contributed by atoms with van der Waals surface area (Å²) in [6.45, 7) is 1.75. The molecule has 1 heterocycles. The number of halogens is 3. The zero-order valence-corrected chi connectivity index (χ0v) is 12.4. The Hall–Kier alpha value is -1.56. The molecule has 1 aromatic carbocycles. The van der Waals surface area contributed by atoms with Gasteiger partial charge in [0.05, 0.1) is 6.42 Å². The Balaban J connectivity index is 1.77. The first kappa shape index (κ1) is 16.8. The lowest BCUT2D eigenvalue weighted by molar-refractivity contribution is -0.149. The molecule has 1 fully saturated rings. The number of benzene rings is 1. The molecule has 0 spiro atoms.